The summed E-state index contributed by atoms with van der Waals surface area (Å²) >= 11 is 0. The van der Waals surface area contributed by atoms with E-state index in [0.717, 1.165) is 12.3 Å². The van der Waals surface area contributed by atoms with Gasteiger partial charge in [0.1, 0.15) is 0 Å². The molecule has 86 valence electrons. The van der Waals surface area contributed by atoms with E-state index in [1.807, 2.05) is 6.92 Å². The standard InChI is InChI=1S/C9H10N2O5/c1-2-3-16-8-7(11(14)15)4-6(5-10-8)9(12)13/h4-5H,2-3H2,1H3,(H,12,13). The van der Waals surface area contributed by atoms with Crippen molar-refractivity contribution in [1.29, 1.82) is 0 Å². The third-order valence-corrected chi connectivity index (χ3v) is 1.72. The first-order chi connectivity index (χ1) is 7.56. The van der Waals surface area contributed by atoms with E-state index in [9.17, 15) is 14.9 Å². The zero-order valence-corrected chi connectivity index (χ0v) is 8.54. The Morgan fingerprint density at radius 1 is 1.69 bits per heavy atom. The van der Waals surface area contributed by atoms with Crippen molar-refractivity contribution in [2.75, 3.05) is 6.61 Å². The zero-order chi connectivity index (χ0) is 12.1. The fourth-order valence-electron chi connectivity index (χ4n) is 0.998. The van der Waals surface area contributed by atoms with Crippen LogP contribution in [0.3, 0.4) is 0 Å². The summed E-state index contributed by atoms with van der Waals surface area (Å²) in [5.41, 5.74) is -0.677. The normalized spacial score (nSPS) is 9.81. The van der Waals surface area contributed by atoms with Gasteiger partial charge in [0.05, 0.1) is 17.1 Å². The van der Waals surface area contributed by atoms with Gasteiger partial charge in [-0.25, -0.2) is 9.78 Å². The van der Waals surface area contributed by atoms with Crippen LogP contribution in [-0.2, 0) is 0 Å². The molecule has 0 aliphatic heterocycles. The minimum absolute atomic E-state index is 0.156. The van der Waals surface area contributed by atoms with Gasteiger partial charge in [-0.05, 0) is 6.42 Å². The molecule has 16 heavy (non-hydrogen) atoms. The van der Waals surface area contributed by atoms with Crippen molar-refractivity contribution in [2.24, 2.45) is 0 Å². The topological polar surface area (TPSA) is 103 Å². The first kappa shape index (κ1) is 11.9. The van der Waals surface area contributed by atoms with E-state index in [0.29, 0.717) is 13.0 Å². The molecule has 0 saturated heterocycles. The molecule has 7 nitrogen and oxygen atoms in total. The number of nitrogens with zero attached hydrogens (tertiary/aromatic N) is 2. The van der Waals surface area contributed by atoms with Gasteiger partial charge in [0, 0.05) is 12.3 Å². The molecule has 0 saturated carbocycles. The van der Waals surface area contributed by atoms with Gasteiger partial charge >= 0.3 is 11.7 Å². The Morgan fingerprint density at radius 3 is 2.88 bits per heavy atom. The Bertz CT molecular complexity index is 418. The van der Waals surface area contributed by atoms with E-state index in [1.165, 1.54) is 0 Å². The average Bonchev–Trinajstić information content (AvgIpc) is 2.25. The third-order valence-electron chi connectivity index (χ3n) is 1.72. The number of hydrogen-bond donors (Lipinski definition) is 1. The molecule has 0 bridgehead atoms. The van der Waals surface area contributed by atoms with Crippen LogP contribution in [0.4, 0.5) is 5.69 Å². The SMILES string of the molecule is CCCOc1ncc(C(=O)O)cc1[N+](=O)[O-]. The van der Waals surface area contributed by atoms with Crippen LogP contribution in [-0.4, -0.2) is 27.6 Å². The number of carboxylic acid groups (broad SMARTS) is 1. The number of carboxylic acids is 1. The van der Waals surface area contributed by atoms with Gasteiger partial charge in [0.2, 0.25) is 0 Å². The molecule has 0 aromatic carbocycles. The molecule has 0 aliphatic rings. The average molecular weight is 226 g/mol. The van der Waals surface area contributed by atoms with Crippen LogP contribution in [0.2, 0.25) is 0 Å². The molecule has 1 aromatic heterocycles. The molecule has 7 heteroatoms. The Kier molecular flexibility index (Phi) is 3.76. The number of hydrogen-bond acceptors (Lipinski definition) is 5. The fraction of sp³-hybridized carbons (Fsp3) is 0.333. The summed E-state index contributed by atoms with van der Waals surface area (Å²) < 4.78 is 5.04. The molecule has 0 atom stereocenters. The Morgan fingerprint density at radius 2 is 2.38 bits per heavy atom. The van der Waals surface area contributed by atoms with Crippen LogP contribution in [0.15, 0.2) is 12.3 Å². The molecule has 0 aliphatic carbocycles. The predicted molar refractivity (Wildman–Crippen MR) is 53.6 cm³/mol. The molecular weight excluding hydrogens is 216 g/mol. The van der Waals surface area contributed by atoms with Crippen LogP contribution >= 0.6 is 0 Å². The highest BCUT2D eigenvalue weighted by Crippen LogP contribution is 2.25. The summed E-state index contributed by atoms with van der Waals surface area (Å²) in [5, 5.41) is 19.3. The summed E-state index contributed by atoms with van der Waals surface area (Å²) in [5.74, 6) is -1.42. The van der Waals surface area contributed by atoms with Gasteiger partial charge in [-0.15, -0.1) is 0 Å². The second-order valence-electron chi connectivity index (χ2n) is 2.96. The first-order valence-electron chi connectivity index (χ1n) is 4.56. The maximum absolute atomic E-state index is 10.7. The lowest BCUT2D eigenvalue weighted by Crippen LogP contribution is -2.04. The second-order valence-corrected chi connectivity index (χ2v) is 2.96. The van der Waals surface area contributed by atoms with Gasteiger partial charge in [-0.1, -0.05) is 6.92 Å². The second kappa shape index (κ2) is 5.06. The number of aromatic nitrogens is 1. The quantitative estimate of drug-likeness (QED) is 0.602. The van der Waals surface area contributed by atoms with Crippen molar-refractivity contribution in [3.05, 3.63) is 27.9 Å². The summed E-state index contributed by atoms with van der Waals surface area (Å²) in [7, 11) is 0. The van der Waals surface area contributed by atoms with E-state index in [-0.39, 0.29) is 11.4 Å². The van der Waals surface area contributed by atoms with Gasteiger partial charge in [-0.2, -0.15) is 0 Å². The van der Waals surface area contributed by atoms with Crippen LogP contribution in [0.5, 0.6) is 5.88 Å². The highest BCUT2D eigenvalue weighted by atomic mass is 16.6. The molecule has 1 aromatic rings. The highest BCUT2D eigenvalue weighted by Gasteiger charge is 2.19. The van der Waals surface area contributed by atoms with Crippen LogP contribution in [0.1, 0.15) is 23.7 Å². The number of carbonyl (C=O) groups is 1. The van der Waals surface area contributed by atoms with Crippen molar-refractivity contribution in [1.82, 2.24) is 4.98 Å². The predicted octanol–water partition coefficient (Wildman–Crippen LogP) is 1.48. The van der Waals surface area contributed by atoms with E-state index in [4.69, 9.17) is 9.84 Å². The zero-order valence-electron chi connectivity index (χ0n) is 8.54. The minimum Gasteiger partial charge on any atom is -0.478 e. The van der Waals surface area contributed by atoms with Crippen LogP contribution < -0.4 is 4.74 Å². The first-order valence-corrected chi connectivity index (χ1v) is 4.56. The van der Waals surface area contributed by atoms with Crippen molar-refractivity contribution < 1.29 is 19.6 Å². The van der Waals surface area contributed by atoms with Crippen molar-refractivity contribution in [2.45, 2.75) is 13.3 Å². The number of pyridine rings is 1. The van der Waals surface area contributed by atoms with Gasteiger partial charge < -0.3 is 9.84 Å². The molecule has 0 unspecified atom stereocenters. The Labute approximate surface area is 90.8 Å². The lowest BCUT2D eigenvalue weighted by atomic mass is 10.2. The van der Waals surface area contributed by atoms with Crippen molar-refractivity contribution in [3.8, 4) is 5.88 Å². The molecule has 0 radical (unpaired) electrons. The Hall–Kier alpha value is -2.18. The third kappa shape index (κ3) is 2.66. The molecule has 1 rings (SSSR count). The van der Waals surface area contributed by atoms with Gasteiger partial charge in [0.25, 0.3) is 5.88 Å². The van der Waals surface area contributed by atoms with E-state index in [1.54, 1.807) is 0 Å². The molecule has 0 fully saturated rings. The van der Waals surface area contributed by atoms with Gasteiger partial charge in [0.15, 0.2) is 0 Å². The number of ether oxygens (including phenoxy) is 1. The van der Waals surface area contributed by atoms with Gasteiger partial charge in [-0.3, -0.25) is 10.1 Å². The molecule has 0 spiro atoms. The highest BCUT2D eigenvalue weighted by molar-refractivity contribution is 5.88. The maximum Gasteiger partial charge on any atom is 0.337 e. The van der Waals surface area contributed by atoms with E-state index < -0.39 is 16.6 Å². The van der Waals surface area contributed by atoms with E-state index in [2.05, 4.69) is 4.98 Å². The smallest absolute Gasteiger partial charge is 0.337 e. The lowest BCUT2D eigenvalue weighted by molar-refractivity contribution is -0.386. The van der Waals surface area contributed by atoms with Crippen molar-refractivity contribution in [3.63, 3.8) is 0 Å². The van der Waals surface area contributed by atoms with E-state index >= 15 is 0 Å². The molecule has 1 N–H and O–H groups in total. The van der Waals surface area contributed by atoms with Crippen molar-refractivity contribution >= 4 is 11.7 Å². The van der Waals surface area contributed by atoms with Crippen LogP contribution in [0, 0.1) is 10.1 Å². The fourth-order valence-corrected chi connectivity index (χ4v) is 0.998. The minimum atomic E-state index is -1.27. The lowest BCUT2D eigenvalue weighted by Gasteiger charge is -2.04. The summed E-state index contributed by atoms with van der Waals surface area (Å²) in [4.78, 5) is 24.1. The van der Waals surface area contributed by atoms with Crippen LogP contribution in [0.25, 0.3) is 0 Å². The Balaban J connectivity index is 3.09. The molecular formula is C9H10N2O5. The monoisotopic (exact) mass is 226 g/mol. The largest absolute Gasteiger partial charge is 0.478 e. The number of aromatic carboxylic acids is 1. The maximum atomic E-state index is 10.7. The molecule has 0 amide bonds. The number of rotatable bonds is 5. The summed E-state index contributed by atoms with van der Waals surface area (Å²) in [6, 6.07) is 0.931. The number of nitro groups is 1. The summed E-state index contributed by atoms with van der Waals surface area (Å²) in [6.07, 6.45) is 1.71. The summed E-state index contributed by atoms with van der Waals surface area (Å²) in [6.45, 7) is 2.14. The molecule has 1 heterocycles.